The first-order valence-electron chi connectivity index (χ1n) is 4.53. The molecule has 0 amide bonds. The number of benzene rings is 1. The van der Waals surface area contributed by atoms with E-state index in [0.717, 1.165) is 15.9 Å². The van der Waals surface area contributed by atoms with Gasteiger partial charge in [-0.2, -0.15) is 0 Å². The molecular formula is C10H14BrNO3. The molecule has 1 aromatic carbocycles. The van der Waals surface area contributed by atoms with Crippen molar-refractivity contribution in [3.63, 3.8) is 0 Å². The Labute approximate surface area is 97.0 Å². The van der Waals surface area contributed by atoms with Crippen LogP contribution in [0.4, 0.5) is 5.69 Å². The number of ether oxygens (including phenoxy) is 1. The maximum absolute atomic E-state index is 9.15. The van der Waals surface area contributed by atoms with Crippen LogP contribution in [0.3, 0.4) is 0 Å². The van der Waals surface area contributed by atoms with Gasteiger partial charge < -0.3 is 20.3 Å². The lowest BCUT2D eigenvalue weighted by molar-refractivity contribution is 0.105. The van der Waals surface area contributed by atoms with E-state index in [1.165, 1.54) is 0 Å². The molecule has 0 bridgehead atoms. The van der Waals surface area contributed by atoms with Crippen LogP contribution >= 0.6 is 15.9 Å². The maximum atomic E-state index is 9.15. The minimum absolute atomic E-state index is 0.249. The van der Waals surface area contributed by atoms with E-state index in [2.05, 4.69) is 21.2 Å². The zero-order chi connectivity index (χ0) is 11.3. The Kier molecular flexibility index (Phi) is 4.87. The Morgan fingerprint density at radius 3 is 2.87 bits per heavy atom. The predicted octanol–water partition coefficient (Wildman–Crippen LogP) is 1.22. The fourth-order valence-corrected chi connectivity index (χ4v) is 1.48. The molecule has 1 atom stereocenters. The summed E-state index contributed by atoms with van der Waals surface area (Å²) in [5, 5.41) is 20.8. The Morgan fingerprint density at radius 2 is 2.27 bits per heavy atom. The summed E-state index contributed by atoms with van der Waals surface area (Å²) in [4.78, 5) is 0. The average Bonchev–Trinajstić information content (AvgIpc) is 2.27. The number of rotatable bonds is 5. The first kappa shape index (κ1) is 12.3. The highest BCUT2D eigenvalue weighted by Gasteiger charge is 2.04. The molecule has 0 saturated heterocycles. The van der Waals surface area contributed by atoms with Crippen LogP contribution in [0.15, 0.2) is 22.7 Å². The number of anilines is 1. The molecule has 0 aliphatic rings. The predicted molar refractivity (Wildman–Crippen MR) is 62.3 cm³/mol. The fourth-order valence-electron chi connectivity index (χ4n) is 1.07. The molecule has 4 nitrogen and oxygen atoms in total. The third-order valence-electron chi connectivity index (χ3n) is 1.90. The van der Waals surface area contributed by atoms with Gasteiger partial charge in [-0.15, -0.1) is 0 Å². The lowest BCUT2D eigenvalue weighted by Crippen LogP contribution is -2.22. The van der Waals surface area contributed by atoms with Crippen molar-refractivity contribution in [2.45, 2.75) is 6.10 Å². The number of aliphatic hydroxyl groups is 2. The highest BCUT2D eigenvalue weighted by molar-refractivity contribution is 9.10. The molecule has 3 N–H and O–H groups in total. The van der Waals surface area contributed by atoms with Gasteiger partial charge in [-0.3, -0.25) is 0 Å². The van der Waals surface area contributed by atoms with Crippen LogP contribution in [-0.2, 0) is 0 Å². The Balaban J connectivity index is 2.62. The van der Waals surface area contributed by atoms with Gasteiger partial charge in [0.15, 0.2) is 0 Å². The lowest BCUT2D eigenvalue weighted by Gasteiger charge is -2.11. The number of hydrogen-bond donors (Lipinski definition) is 3. The summed E-state index contributed by atoms with van der Waals surface area (Å²) in [6.45, 7) is 0.0575. The van der Waals surface area contributed by atoms with Crippen LogP contribution < -0.4 is 10.1 Å². The number of methoxy groups -OCH3 is 1. The number of aliphatic hydroxyl groups excluding tert-OH is 2. The lowest BCUT2D eigenvalue weighted by atomic mass is 10.3. The van der Waals surface area contributed by atoms with E-state index in [0.29, 0.717) is 6.54 Å². The van der Waals surface area contributed by atoms with E-state index in [9.17, 15) is 0 Å². The van der Waals surface area contributed by atoms with Crippen molar-refractivity contribution in [3.8, 4) is 5.75 Å². The third-order valence-corrected chi connectivity index (χ3v) is 2.56. The molecule has 0 spiro atoms. The topological polar surface area (TPSA) is 61.7 Å². The van der Waals surface area contributed by atoms with Gasteiger partial charge >= 0.3 is 0 Å². The van der Waals surface area contributed by atoms with E-state index < -0.39 is 6.10 Å². The Morgan fingerprint density at radius 1 is 1.53 bits per heavy atom. The van der Waals surface area contributed by atoms with E-state index in [-0.39, 0.29) is 6.61 Å². The standard InChI is InChI=1S/C10H14BrNO3/c1-15-10-4-7(2-3-9(10)11)12-5-8(14)6-13/h2-4,8,12-14H,5-6H2,1H3/t8-/m0/s1. The van der Waals surface area contributed by atoms with Crippen LogP contribution in [0, 0.1) is 0 Å². The largest absolute Gasteiger partial charge is 0.495 e. The van der Waals surface area contributed by atoms with Crippen molar-refractivity contribution in [3.05, 3.63) is 22.7 Å². The SMILES string of the molecule is COc1cc(NC[C@H](O)CO)ccc1Br. The third kappa shape index (κ3) is 3.70. The van der Waals surface area contributed by atoms with E-state index >= 15 is 0 Å². The van der Waals surface area contributed by atoms with Crippen molar-refractivity contribution in [2.24, 2.45) is 0 Å². The summed E-state index contributed by atoms with van der Waals surface area (Å²) < 4.78 is 5.99. The first-order chi connectivity index (χ1) is 7.17. The van der Waals surface area contributed by atoms with Gasteiger partial charge in [0.2, 0.25) is 0 Å². The summed E-state index contributed by atoms with van der Waals surface area (Å²) in [6.07, 6.45) is -0.750. The van der Waals surface area contributed by atoms with Gasteiger partial charge in [-0.1, -0.05) is 0 Å². The Bertz CT molecular complexity index is 320. The van der Waals surface area contributed by atoms with Crippen molar-refractivity contribution >= 4 is 21.6 Å². The molecule has 0 radical (unpaired) electrons. The van der Waals surface area contributed by atoms with Crippen LogP contribution in [0.25, 0.3) is 0 Å². The molecule has 84 valence electrons. The first-order valence-corrected chi connectivity index (χ1v) is 5.33. The summed E-state index contributed by atoms with van der Waals surface area (Å²) >= 11 is 3.34. The maximum Gasteiger partial charge on any atom is 0.135 e. The summed E-state index contributed by atoms with van der Waals surface area (Å²) in [5.74, 6) is 0.721. The van der Waals surface area contributed by atoms with Gasteiger partial charge in [-0.05, 0) is 28.1 Å². The number of hydrogen-bond acceptors (Lipinski definition) is 4. The van der Waals surface area contributed by atoms with Gasteiger partial charge in [-0.25, -0.2) is 0 Å². The van der Waals surface area contributed by atoms with Crippen LogP contribution in [-0.4, -0.2) is 36.6 Å². The molecule has 0 saturated carbocycles. The van der Waals surface area contributed by atoms with Gasteiger partial charge in [0.05, 0.1) is 24.3 Å². The normalized spacial score (nSPS) is 12.3. The number of nitrogens with one attached hydrogen (secondary N) is 1. The summed E-state index contributed by atoms with van der Waals surface area (Å²) in [5.41, 5.74) is 0.836. The van der Waals surface area contributed by atoms with E-state index in [1.54, 1.807) is 7.11 Å². The van der Waals surface area contributed by atoms with Crippen molar-refractivity contribution in [1.29, 1.82) is 0 Å². The summed E-state index contributed by atoms with van der Waals surface area (Å²) in [6, 6.07) is 5.53. The molecule has 0 aliphatic heterocycles. The quantitative estimate of drug-likeness (QED) is 0.756. The zero-order valence-electron chi connectivity index (χ0n) is 8.40. The average molecular weight is 276 g/mol. The molecule has 1 rings (SSSR count). The van der Waals surface area contributed by atoms with Crippen LogP contribution in [0.2, 0.25) is 0 Å². The highest BCUT2D eigenvalue weighted by Crippen LogP contribution is 2.27. The van der Waals surface area contributed by atoms with Gasteiger partial charge in [0.1, 0.15) is 5.75 Å². The van der Waals surface area contributed by atoms with Crippen LogP contribution in [0.1, 0.15) is 0 Å². The van der Waals surface area contributed by atoms with Crippen molar-refractivity contribution in [2.75, 3.05) is 25.6 Å². The molecule has 0 heterocycles. The van der Waals surface area contributed by atoms with E-state index in [1.807, 2.05) is 18.2 Å². The second-order valence-electron chi connectivity index (χ2n) is 3.07. The van der Waals surface area contributed by atoms with Crippen LogP contribution in [0.5, 0.6) is 5.75 Å². The minimum Gasteiger partial charge on any atom is -0.495 e. The minimum atomic E-state index is -0.750. The molecular weight excluding hydrogens is 262 g/mol. The molecule has 0 aliphatic carbocycles. The second kappa shape index (κ2) is 5.95. The highest BCUT2D eigenvalue weighted by atomic mass is 79.9. The fraction of sp³-hybridized carbons (Fsp3) is 0.400. The van der Waals surface area contributed by atoms with Gasteiger partial charge in [0, 0.05) is 18.3 Å². The number of halogens is 1. The molecule has 0 aromatic heterocycles. The summed E-state index contributed by atoms with van der Waals surface area (Å²) in [7, 11) is 1.59. The molecule has 1 aromatic rings. The molecule has 0 unspecified atom stereocenters. The smallest absolute Gasteiger partial charge is 0.135 e. The van der Waals surface area contributed by atoms with E-state index in [4.69, 9.17) is 14.9 Å². The van der Waals surface area contributed by atoms with Crippen molar-refractivity contribution in [1.82, 2.24) is 0 Å². The van der Waals surface area contributed by atoms with Crippen molar-refractivity contribution < 1.29 is 14.9 Å². The second-order valence-corrected chi connectivity index (χ2v) is 3.92. The molecule has 15 heavy (non-hydrogen) atoms. The zero-order valence-corrected chi connectivity index (χ0v) is 9.99. The Hall–Kier alpha value is -0.780. The molecule has 5 heteroatoms. The monoisotopic (exact) mass is 275 g/mol. The molecule has 0 fully saturated rings. The van der Waals surface area contributed by atoms with Gasteiger partial charge in [0.25, 0.3) is 0 Å².